The molecule has 130 valence electrons. The Kier molecular flexibility index (Phi) is 4.67. The van der Waals surface area contributed by atoms with Crippen LogP contribution in [0.3, 0.4) is 0 Å². The summed E-state index contributed by atoms with van der Waals surface area (Å²) in [5.41, 5.74) is 2.29. The number of hydrogen-bond donors (Lipinski definition) is 1. The summed E-state index contributed by atoms with van der Waals surface area (Å²) in [6.07, 6.45) is -0.0583. The van der Waals surface area contributed by atoms with Crippen molar-refractivity contribution in [2.45, 2.75) is 33.1 Å². The maximum absolute atomic E-state index is 11.1. The summed E-state index contributed by atoms with van der Waals surface area (Å²) in [5.74, 6) is 1.09. The van der Waals surface area contributed by atoms with Gasteiger partial charge in [-0.05, 0) is 32.0 Å². The van der Waals surface area contributed by atoms with E-state index in [9.17, 15) is 15.2 Å². The molecule has 0 saturated heterocycles. The van der Waals surface area contributed by atoms with Crippen molar-refractivity contribution >= 4 is 16.7 Å². The number of rotatable bonds is 6. The van der Waals surface area contributed by atoms with E-state index in [4.69, 9.17) is 4.74 Å². The number of imidazole rings is 1. The molecule has 7 nitrogen and oxygen atoms in total. The van der Waals surface area contributed by atoms with E-state index >= 15 is 0 Å². The van der Waals surface area contributed by atoms with Gasteiger partial charge in [-0.2, -0.15) is 0 Å². The molecule has 7 heteroatoms. The lowest BCUT2D eigenvalue weighted by atomic mass is 10.1. The van der Waals surface area contributed by atoms with Crippen molar-refractivity contribution in [1.29, 1.82) is 0 Å². The number of nitro groups is 1. The first kappa shape index (κ1) is 16.9. The molecule has 1 aromatic heterocycles. The monoisotopic (exact) mass is 341 g/mol. The van der Waals surface area contributed by atoms with E-state index in [2.05, 4.69) is 4.98 Å². The lowest BCUT2D eigenvalue weighted by Crippen LogP contribution is -2.11. The molecular weight excluding hydrogens is 322 g/mol. The lowest BCUT2D eigenvalue weighted by Gasteiger charge is -2.16. The summed E-state index contributed by atoms with van der Waals surface area (Å²) in [7, 11) is 0. The topological polar surface area (TPSA) is 90.4 Å². The first-order valence-electron chi connectivity index (χ1n) is 7.98. The normalized spacial score (nSPS) is 11.2. The van der Waals surface area contributed by atoms with E-state index in [0.29, 0.717) is 23.7 Å². The third kappa shape index (κ3) is 3.46. The molecule has 3 aromatic rings. The van der Waals surface area contributed by atoms with E-state index in [1.54, 1.807) is 6.07 Å². The maximum Gasteiger partial charge on any atom is 0.270 e. The SMILES string of the molecule is CC(C)Oc1ccc([N+](=O)[O-])cc1Cn1c(CO)nc2ccccc21. The van der Waals surface area contributed by atoms with E-state index in [0.717, 1.165) is 11.0 Å². The average molecular weight is 341 g/mol. The van der Waals surface area contributed by atoms with Gasteiger partial charge in [-0.15, -0.1) is 0 Å². The predicted molar refractivity (Wildman–Crippen MR) is 93.6 cm³/mol. The first-order chi connectivity index (χ1) is 12.0. The summed E-state index contributed by atoms with van der Waals surface area (Å²) < 4.78 is 7.64. The van der Waals surface area contributed by atoms with Gasteiger partial charge < -0.3 is 14.4 Å². The minimum atomic E-state index is -0.429. The van der Waals surface area contributed by atoms with Crippen LogP contribution in [0.1, 0.15) is 25.2 Å². The number of nitrogens with zero attached hydrogens (tertiary/aromatic N) is 3. The van der Waals surface area contributed by atoms with Crippen molar-refractivity contribution in [3.05, 3.63) is 64.0 Å². The zero-order valence-corrected chi connectivity index (χ0v) is 14.0. The highest BCUT2D eigenvalue weighted by Crippen LogP contribution is 2.28. The third-order valence-corrected chi connectivity index (χ3v) is 3.82. The molecule has 0 aliphatic heterocycles. The van der Waals surface area contributed by atoms with Crippen molar-refractivity contribution in [1.82, 2.24) is 9.55 Å². The molecule has 0 atom stereocenters. The van der Waals surface area contributed by atoms with Crippen LogP contribution in [-0.2, 0) is 13.2 Å². The fourth-order valence-electron chi connectivity index (χ4n) is 2.76. The summed E-state index contributed by atoms with van der Waals surface area (Å²) in [4.78, 5) is 15.1. The Morgan fingerprint density at radius 2 is 2.04 bits per heavy atom. The van der Waals surface area contributed by atoms with Gasteiger partial charge in [-0.3, -0.25) is 10.1 Å². The molecule has 1 heterocycles. The molecule has 25 heavy (non-hydrogen) atoms. The van der Waals surface area contributed by atoms with Gasteiger partial charge in [0.1, 0.15) is 18.2 Å². The highest BCUT2D eigenvalue weighted by atomic mass is 16.6. The highest BCUT2D eigenvalue weighted by molar-refractivity contribution is 5.76. The van der Waals surface area contributed by atoms with Crippen molar-refractivity contribution in [2.75, 3.05) is 0 Å². The van der Waals surface area contributed by atoms with Crippen molar-refractivity contribution in [3.63, 3.8) is 0 Å². The van der Waals surface area contributed by atoms with Crippen LogP contribution in [0.2, 0.25) is 0 Å². The van der Waals surface area contributed by atoms with Crippen LogP contribution in [0.4, 0.5) is 5.69 Å². The molecule has 3 rings (SSSR count). The number of non-ortho nitro benzene ring substituents is 1. The van der Waals surface area contributed by atoms with Crippen molar-refractivity contribution in [2.24, 2.45) is 0 Å². The first-order valence-corrected chi connectivity index (χ1v) is 7.98. The zero-order chi connectivity index (χ0) is 18.0. The number of aliphatic hydroxyl groups is 1. The number of aliphatic hydroxyl groups excluding tert-OH is 1. The van der Waals surface area contributed by atoms with E-state index in [1.807, 2.05) is 42.7 Å². The number of benzene rings is 2. The van der Waals surface area contributed by atoms with Gasteiger partial charge in [-0.25, -0.2) is 4.98 Å². The quantitative estimate of drug-likeness (QED) is 0.549. The highest BCUT2D eigenvalue weighted by Gasteiger charge is 2.16. The molecule has 0 saturated carbocycles. The largest absolute Gasteiger partial charge is 0.491 e. The molecule has 0 fully saturated rings. The minimum Gasteiger partial charge on any atom is -0.491 e. The fraction of sp³-hybridized carbons (Fsp3) is 0.278. The van der Waals surface area contributed by atoms with E-state index in [-0.39, 0.29) is 18.4 Å². The predicted octanol–water partition coefficient (Wildman–Crippen LogP) is 3.27. The van der Waals surface area contributed by atoms with Gasteiger partial charge >= 0.3 is 0 Å². The van der Waals surface area contributed by atoms with Crippen LogP contribution in [0.5, 0.6) is 5.75 Å². The molecule has 0 unspecified atom stereocenters. The minimum absolute atomic E-state index is 0.000996. The second-order valence-corrected chi connectivity index (χ2v) is 5.98. The van der Waals surface area contributed by atoms with Crippen LogP contribution < -0.4 is 4.74 Å². The van der Waals surface area contributed by atoms with Crippen LogP contribution in [0.25, 0.3) is 11.0 Å². The van der Waals surface area contributed by atoms with Gasteiger partial charge in [0.05, 0.1) is 28.6 Å². The number of nitro benzene ring substituents is 1. The smallest absolute Gasteiger partial charge is 0.270 e. The van der Waals surface area contributed by atoms with Gasteiger partial charge in [0.15, 0.2) is 0 Å². The Labute approximate surface area is 144 Å². The van der Waals surface area contributed by atoms with Gasteiger partial charge in [-0.1, -0.05) is 12.1 Å². The summed E-state index contributed by atoms with van der Waals surface area (Å²) >= 11 is 0. The standard InChI is InChI=1S/C18H19N3O4/c1-12(2)25-17-8-7-14(21(23)24)9-13(17)10-20-16-6-4-3-5-15(16)19-18(20)11-22/h3-9,12,22H,10-11H2,1-2H3. The van der Waals surface area contributed by atoms with Gasteiger partial charge in [0.2, 0.25) is 0 Å². The fourth-order valence-corrected chi connectivity index (χ4v) is 2.76. The maximum atomic E-state index is 11.1. The van der Waals surface area contributed by atoms with Gasteiger partial charge in [0, 0.05) is 17.7 Å². The summed E-state index contributed by atoms with van der Waals surface area (Å²) in [6, 6.07) is 12.1. The van der Waals surface area contributed by atoms with Crippen LogP contribution in [-0.4, -0.2) is 25.7 Å². The second kappa shape index (κ2) is 6.90. The Hall–Kier alpha value is -2.93. The molecule has 0 bridgehead atoms. The average Bonchev–Trinajstić information content (AvgIpc) is 2.93. The Bertz CT molecular complexity index is 918. The van der Waals surface area contributed by atoms with Crippen LogP contribution in [0, 0.1) is 10.1 Å². The second-order valence-electron chi connectivity index (χ2n) is 5.98. The number of fused-ring (bicyclic) bond motifs is 1. The number of ether oxygens (including phenoxy) is 1. The molecule has 0 aliphatic rings. The van der Waals surface area contributed by atoms with E-state index < -0.39 is 4.92 Å². The number of hydrogen-bond acceptors (Lipinski definition) is 5. The Morgan fingerprint density at radius 3 is 2.72 bits per heavy atom. The summed E-state index contributed by atoms with van der Waals surface area (Å²) in [5, 5.41) is 20.8. The summed E-state index contributed by atoms with van der Waals surface area (Å²) in [6.45, 7) is 3.90. The Balaban J connectivity index is 2.10. The van der Waals surface area contributed by atoms with Crippen molar-refractivity contribution < 1.29 is 14.8 Å². The zero-order valence-electron chi connectivity index (χ0n) is 14.0. The van der Waals surface area contributed by atoms with Crippen LogP contribution in [0.15, 0.2) is 42.5 Å². The van der Waals surface area contributed by atoms with E-state index in [1.165, 1.54) is 12.1 Å². The Morgan fingerprint density at radius 1 is 1.28 bits per heavy atom. The molecule has 0 spiro atoms. The lowest BCUT2D eigenvalue weighted by molar-refractivity contribution is -0.384. The molecular formula is C18H19N3O4. The van der Waals surface area contributed by atoms with Crippen LogP contribution >= 0.6 is 0 Å². The third-order valence-electron chi connectivity index (χ3n) is 3.82. The molecule has 2 aromatic carbocycles. The molecule has 0 amide bonds. The molecule has 1 N–H and O–H groups in total. The molecule has 0 radical (unpaired) electrons. The molecule has 0 aliphatic carbocycles. The number of aromatic nitrogens is 2. The number of para-hydroxylation sites is 2. The van der Waals surface area contributed by atoms with Gasteiger partial charge in [0.25, 0.3) is 5.69 Å². The van der Waals surface area contributed by atoms with Crippen molar-refractivity contribution in [3.8, 4) is 5.75 Å².